The fourth-order valence-corrected chi connectivity index (χ4v) is 3.45. The zero-order valence-corrected chi connectivity index (χ0v) is 12.9. The topological polar surface area (TPSA) is 20.2 Å². The van der Waals surface area contributed by atoms with E-state index in [1.54, 1.807) is 11.3 Å². The summed E-state index contributed by atoms with van der Waals surface area (Å²) in [7, 11) is 0. The summed E-state index contributed by atoms with van der Waals surface area (Å²) in [6.45, 7) is 4.05. The van der Waals surface area contributed by atoms with Crippen LogP contribution < -0.4 is 0 Å². The summed E-state index contributed by atoms with van der Waals surface area (Å²) in [4.78, 5) is 2.62. The average molecular weight is 295 g/mol. The molecule has 1 nitrogen and oxygen atoms in total. The number of benzene rings is 1. The van der Waals surface area contributed by atoms with Gasteiger partial charge >= 0.3 is 0 Å². The second-order valence-corrected chi connectivity index (χ2v) is 6.89. The second kappa shape index (κ2) is 6.08. The van der Waals surface area contributed by atoms with Crippen LogP contribution in [-0.4, -0.2) is 10.7 Å². The smallest absolute Gasteiger partial charge is 0.0707 e. The normalized spacial score (nSPS) is 14.3. The van der Waals surface area contributed by atoms with Crippen molar-refractivity contribution in [3.63, 3.8) is 0 Å². The van der Waals surface area contributed by atoms with E-state index in [0.717, 1.165) is 17.0 Å². The van der Waals surface area contributed by atoms with Crippen molar-refractivity contribution in [3.05, 3.63) is 56.7 Å². The van der Waals surface area contributed by atoms with Crippen LogP contribution in [0.1, 0.15) is 29.2 Å². The van der Waals surface area contributed by atoms with Crippen molar-refractivity contribution in [2.75, 3.05) is 0 Å². The van der Waals surface area contributed by atoms with Gasteiger partial charge in [-0.2, -0.15) is 0 Å². The van der Waals surface area contributed by atoms with E-state index in [1.165, 1.54) is 9.75 Å². The standard InChI is InChI=1S/C16H19ClOS/c1-3-14-8-9-15(19-14)11-16(2,18)10-12-4-6-13(17)7-5-12/h4-9,18H,3,10-11H2,1-2H3. The van der Waals surface area contributed by atoms with Gasteiger partial charge in [-0.15, -0.1) is 11.3 Å². The molecule has 3 heteroatoms. The predicted octanol–water partition coefficient (Wildman–Crippen LogP) is 4.50. The molecular formula is C16H19ClOS. The minimum Gasteiger partial charge on any atom is -0.389 e. The van der Waals surface area contributed by atoms with E-state index in [0.29, 0.717) is 12.8 Å². The summed E-state index contributed by atoms with van der Waals surface area (Å²) in [5.41, 5.74) is 0.394. The number of rotatable bonds is 5. The molecule has 0 amide bonds. The lowest BCUT2D eigenvalue weighted by molar-refractivity contribution is 0.0616. The van der Waals surface area contributed by atoms with E-state index in [4.69, 9.17) is 11.6 Å². The summed E-state index contributed by atoms with van der Waals surface area (Å²) >= 11 is 7.66. The molecule has 0 radical (unpaired) electrons. The lowest BCUT2D eigenvalue weighted by atomic mass is 9.93. The molecule has 0 saturated heterocycles. The molecule has 0 aliphatic rings. The summed E-state index contributed by atoms with van der Waals surface area (Å²) in [5.74, 6) is 0. The van der Waals surface area contributed by atoms with Gasteiger partial charge in [-0.05, 0) is 43.2 Å². The maximum atomic E-state index is 10.5. The Kier molecular flexibility index (Phi) is 4.67. The Bertz CT molecular complexity index is 528. The van der Waals surface area contributed by atoms with Crippen molar-refractivity contribution in [2.45, 2.75) is 38.7 Å². The van der Waals surface area contributed by atoms with E-state index >= 15 is 0 Å². The summed E-state index contributed by atoms with van der Waals surface area (Å²) in [5, 5.41) is 11.3. The highest BCUT2D eigenvalue weighted by molar-refractivity contribution is 7.12. The zero-order valence-electron chi connectivity index (χ0n) is 11.3. The zero-order chi connectivity index (χ0) is 13.9. The van der Waals surface area contributed by atoms with Crippen LogP contribution in [0, 0.1) is 0 Å². The Morgan fingerprint density at radius 3 is 2.26 bits per heavy atom. The third kappa shape index (κ3) is 4.34. The molecule has 2 aromatic rings. The van der Waals surface area contributed by atoms with Gasteiger partial charge in [-0.1, -0.05) is 30.7 Å². The van der Waals surface area contributed by atoms with Crippen LogP contribution >= 0.6 is 22.9 Å². The number of hydrogen-bond acceptors (Lipinski definition) is 2. The first-order valence-electron chi connectivity index (χ1n) is 6.53. The van der Waals surface area contributed by atoms with Crippen LogP contribution in [0.3, 0.4) is 0 Å². The molecule has 0 fully saturated rings. The van der Waals surface area contributed by atoms with Gasteiger partial charge in [0.25, 0.3) is 0 Å². The minimum atomic E-state index is -0.719. The largest absolute Gasteiger partial charge is 0.389 e. The number of aryl methyl sites for hydroxylation is 1. The van der Waals surface area contributed by atoms with Crippen LogP contribution in [-0.2, 0) is 19.3 Å². The third-order valence-corrected chi connectivity index (χ3v) is 4.60. The van der Waals surface area contributed by atoms with Gasteiger partial charge in [-0.3, -0.25) is 0 Å². The molecule has 0 spiro atoms. The first-order valence-corrected chi connectivity index (χ1v) is 7.72. The molecule has 1 atom stereocenters. The fourth-order valence-electron chi connectivity index (χ4n) is 2.19. The molecule has 102 valence electrons. The molecule has 1 aromatic heterocycles. The van der Waals surface area contributed by atoms with E-state index in [9.17, 15) is 5.11 Å². The highest BCUT2D eigenvalue weighted by atomic mass is 35.5. The minimum absolute atomic E-state index is 0.642. The Morgan fingerprint density at radius 1 is 1.05 bits per heavy atom. The van der Waals surface area contributed by atoms with Crippen LogP contribution in [0.2, 0.25) is 5.02 Å². The third-order valence-electron chi connectivity index (χ3n) is 3.12. The first-order chi connectivity index (χ1) is 8.98. The molecule has 0 bridgehead atoms. The Balaban J connectivity index is 2.03. The molecule has 1 N–H and O–H groups in total. The predicted molar refractivity (Wildman–Crippen MR) is 83.2 cm³/mol. The summed E-state index contributed by atoms with van der Waals surface area (Å²) in [6.07, 6.45) is 2.40. The van der Waals surface area contributed by atoms with Gasteiger partial charge in [0, 0.05) is 27.6 Å². The number of thiophene rings is 1. The van der Waals surface area contributed by atoms with E-state index < -0.39 is 5.60 Å². The van der Waals surface area contributed by atoms with E-state index in [2.05, 4.69) is 19.1 Å². The van der Waals surface area contributed by atoms with Crippen molar-refractivity contribution in [1.29, 1.82) is 0 Å². The van der Waals surface area contributed by atoms with Gasteiger partial charge < -0.3 is 5.11 Å². The van der Waals surface area contributed by atoms with Gasteiger partial charge in [0.15, 0.2) is 0 Å². The van der Waals surface area contributed by atoms with Crippen LogP contribution in [0.25, 0.3) is 0 Å². The molecule has 1 aromatic carbocycles. The molecule has 1 heterocycles. The molecule has 0 saturated carbocycles. The molecular weight excluding hydrogens is 276 g/mol. The molecule has 0 aliphatic carbocycles. The Labute approximate surface area is 123 Å². The van der Waals surface area contributed by atoms with Crippen LogP contribution in [0.5, 0.6) is 0 Å². The van der Waals surface area contributed by atoms with Crippen molar-refractivity contribution in [2.24, 2.45) is 0 Å². The van der Waals surface area contributed by atoms with Crippen LogP contribution in [0.4, 0.5) is 0 Å². The summed E-state index contributed by atoms with van der Waals surface area (Å²) < 4.78 is 0. The van der Waals surface area contributed by atoms with Gasteiger partial charge in [-0.25, -0.2) is 0 Å². The molecule has 19 heavy (non-hydrogen) atoms. The monoisotopic (exact) mass is 294 g/mol. The maximum Gasteiger partial charge on any atom is 0.0707 e. The molecule has 1 unspecified atom stereocenters. The lowest BCUT2D eigenvalue weighted by Crippen LogP contribution is -2.29. The fraction of sp³-hybridized carbons (Fsp3) is 0.375. The average Bonchev–Trinajstić information content (AvgIpc) is 2.78. The Hall–Kier alpha value is -0.830. The second-order valence-electron chi connectivity index (χ2n) is 5.20. The van der Waals surface area contributed by atoms with Gasteiger partial charge in [0.1, 0.15) is 0 Å². The van der Waals surface area contributed by atoms with Gasteiger partial charge in [0.05, 0.1) is 5.60 Å². The number of hydrogen-bond donors (Lipinski definition) is 1. The highest BCUT2D eigenvalue weighted by Crippen LogP contribution is 2.25. The van der Waals surface area contributed by atoms with Crippen molar-refractivity contribution in [1.82, 2.24) is 0 Å². The van der Waals surface area contributed by atoms with Gasteiger partial charge in [0.2, 0.25) is 0 Å². The van der Waals surface area contributed by atoms with Crippen molar-refractivity contribution in [3.8, 4) is 0 Å². The SMILES string of the molecule is CCc1ccc(CC(C)(O)Cc2ccc(Cl)cc2)s1. The maximum absolute atomic E-state index is 10.5. The van der Waals surface area contributed by atoms with E-state index in [1.807, 2.05) is 31.2 Å². The summed E-state index contributed by atoms with van der Waals surface area (Å²) in [6, 6.07) is 12.0. The van der Waals surface area contributed by atoms with Crippen molar-refractivity contribution < 1.29 is 5.11 Å². The molecule has 2 rings (SSSR count). The van der Waals surface area contributed by atoms with Crippen molar-refractivity contribution >= 4 is 22.9 Å². The Morgan fingerprint density at radius 2 is 1.68 bits per heavy atom. The molecule has 0 aliphatic heterocycles. The quantitative estimate of drug-likeness (QED) is 0.861. The number of halogens is 1. The van der Waals surface area contributed by atoms with E-state index in [-0.39, 0.29) is 0 Å². The number of aliphatic hydroxyl groups is 1. The highest BCUT2D eigenvalue weighted by Gasteiger charge is 2.22. The first kappa shape index (κ1) is 14.6. The lowest BCUT2D eigenvalue weighted by Gasteiger charge is -2.22. The van der Waals surface area contributed by atoms with Crippen LogP contribution in [0.15, 0.2) is 36.4 Å².